The summed E-state index contributed by atoms with van der Waals surface area (Å²) in [6, 6.07) is 12.2. The van der Waals surface area contributed by atoms with Gasteiger partial charge in [-0.3, -0.25) is 20.4 Å². The zero-order valence-corrected chi connectivity index (χ0v) is 22.3. The lowest BCUT2D eigenvalue weighted by Gasteiger charge is -2.09. The maximum atomic E-state index is 12.4. The molecule has 1 heterocycles. The fourth-order valence-electron chi connectivity index (χ4n) is 2.77. The van der Waals surface area contributed by atoms with Crippen LogP contribution in [-0.2, 0) is 19.6 Å². The van der Waals surface area contributed by atoms with E-state index in [4.69, 9.17) is 4.74 Å². The Bertz CT molecular complexity index is 1330. The number of hydrogen-bond donors (Lipinski definition) is 4. The Morgan fingerprint density at radius 1 is 1.03 bits per heavy atom. The molecule has 0 spiro atoms. The summed E-state index contributed by atoms with van der Waals surface area (Å²) in [6.45, 7) is 3.61. The molecule has 36 heavy (non-hydrogen) atoms. The van der Waals surface area contributed by atoms with E-state index < -0.39 is 21.8 Å². The minimum absolute atomic E-state index is 0.00742. The first-order valence-electron chi connectivity index (χ1n) is 10.7. The Morgan fingerprint density at radius 3 is 2.56 bits per heavy atom. The molecular formula is C22H26N6O5S3. The number of aromatic nitrogens is 2. The SMILES string of the molecule is COc1cccc(Nc2nnc(SCC(=O)NNC(=O)CCNS(=O)(=O)c3ccc(C)c(C)c3)s2)c1. The average Bonchev–Trinajstić information content (AvgIpc) is 3.30. The molecule has 0 saturated heterocycles. The van der Waals surface area contributed by atoms with Crippen molar-refractivity contribution in [2.24, 2.45) is 0 Å². The van der Waals surface area contributed by atoms with Gasteiger partial charge in [0.15, 0.2) is 4.34 Å². The van der Waals surface area contributed by atoms with Crippen LogP contribution in [0.5, 0.6) is 5.75 Å². The van der Waals surface area contributed by atoms with Crippen molar-refractivity contribution in [3.63, 3.8) is 0 Å². The molecule has 1 aromatic heterocycles. The van der Waals surface area contributed by atoms with Crippen molar-refractivity contribution in [3.8, 4) is 5.75 Å². The van der Waals surface area contributed by atoms with Crippen LogP contribution in [-0.4, -0.2) is 49.8 Å². The maximum Gasteiger partial charge on any atom is 0.248 e. The Hall–Kier alpha value is -3.20. The highest BCUT2D eigenvalue weighted by molar-refractivity contribution is 8.01. The number of aryl methyl sites for hydroxylation is 2. The standard InChI is InChI=1S/C22H26N6O5S3/c1-14-7-8-18(11-15(14)2)36(31,32)23-10-9-19(29)25-26-20(30)13-34-22-28-27-21(35-22)24-16-5-4-6-17(12-16)33-3/h4-8,11-12,23H,9-10,13H2,1-3H3,(H,24,27)(H,25,29)(H,26,30). The van der Waals surface area contributed by atoms with Crippen LogP contribution >= 0.6 is 23.1 Å². The van der Waals surface area contributed by atoms with Crippen LogP contribution in [0.25, 0.3) is 0 Å². The Morgan fingerprint density at radius 2 is 1.81 bits per heavy atom. The van der Waals surface area contributed by atoms with Gasteiger partial charge in [0.1, 0.15) is 5.75 Å². The molecule has 0 bridgehead atoms. The number of amides is 2. The lowest BCUT2D eigenvalue weighted by molar-refractivity contribution is -0.127. The van der Waals surface area contributed by atoms with Crippen molar-refractivity contribution in [1.29, 1.82) is 0 Å². The molecular weight excluding hydrogens is 524 g/mol. The van der Waals surface area contributed by atoms with Crippen LogP contribution in [0.4, 0.5) is 10.8 Å². The zero-order valence-electron chi connectivity index (χ0n) is 19.8. The number of nitrogens with zero attached hydrogens (tertiary/aromatic N) is 2. The van der Waals surface area contributed by atoms with E-state index in [1.165, 1.54) is 29.2 Å². The fraction of sp³-hybridized carbons (Fsp3) is 0.273. The number of ether oxygens (including phenoxy) is 1. The lowest BCUT2D eigenvalue weighted by atomic mass is 10.1. The van der Waals surface area contributed by atoms with Gasteiger partial charge in [-0.2, -0.15) is 0 Å². The van der Waals surface area contributed by atoms with Gasteiger partial charge in [0.2, 0.25) is 27.0 Å². The van der Waals surface area contributed by atoms with E-state index in [-0.39, 0.29) is 23.6 Å². The van der Waals surface area contributed by atoms with Crippen molar-refractivity contribution < 1.29 is 22.7 Å². The van der Waals surface area contributed by atoms with Crippen molar-refractivity contribution in [2.75, 3.05) is 24.7 Å². The second-order valence-corrected chi connectivity index (χ2v) is 11.5. The van der Waals surface area contributed by atoms with Crippen molar-refractivity contribution in [1.82, 2.24) is 25.8 Å². The highest BCUT2D eigenvalue weighted by Gasteiger charge is 2.15. The van der Waals surface area contributed by atoms with Gasteiger partial charge in [-0.05, 0) is 49.2 Å². The predicted octanol–water partition coefficient (Wildman–Crippen LogP) is 2.52. The largest absolute Gasteiger partial charge is 0.497 e. The molecule has 3 aromatic rings. The molecule has 0 atom stereocenters. The van der Waals surface area contributed by atoms with E-state index in [0.29, 0.717) is 15.2 Å². The van der Waals surface area contributed by atoms with E-state index >= 15 is 0 Å². The monoisotopic (exact) mass is 550 g/mol. The average molecular weight is 551 g/mol. The Labute approximate surface area is 217 Å². The Balaban J connectivity index is 1.36. The smallest absolute Gasteiger partial charge is 0.248 e. The van der Waals surface area contributed by atoms with Crippen LogP contribution in [0.1, 0.15) is 17.5 Å². The summed E-state index contributed by atoms with van der Waals surface area (Å²) in [5, 5.41) is 11.7. The predicted molar refractivity (Wildman–Crippen MR) is 139 cm³/mol. The number of anilines is 2. The van der Waals surface area contributed by atoms with Gasteiger partial charge in [0.05, 0.1) is 17.8 Å². The van der Waals surface area contributed by atoms with Crippen LogP contribution in [0.2, 0.25) is 0 Å². The normalized spacial score (nSPS) is 11.1. The number of carbonyl (C=O) groups excluding carboxylic acids is 2. The summed E-state index contributed by atoms with van der Waals surface area (Å²) in [5.74, 6) is -0.261. The van der Waals surface area contributed by atoms with Crippen LogP contribution in [0.3, 0.4) is 0 Å². The second-order valence-electron chi connectivity index (χ2n) is 7.51. The third-order valence-corrected chi connectivity index (χ3v) is 8.26. The summed E-state index contributed by atoms with van der Waals surface area (Å²) >= 11 is 2.44. The van der Waals surface area contributed by atoms with Gasteiger partial charge >= 0.3 is 0 Å². The Kier molecular flexibility index (Phi) is 9.64. The fourth-order valence-corrected chi connectivity index (χ4v) is 5.46. The molecule has 4 N–H and O–H groups in total. The summed E-state index contributed by atoms with van der Waals surface area (Å²) in [7, 11) is -2.15. The number of benzene rings is 2. The van der Waals surface area contributed by atoms with Gasteiger partial charge in [0.25, 0.3) is 0 Å². The van der Waals surface area contributed by atoms with Crippen molar-refractivity contribution >= 4 is 55.8 Å². The van der Waals surface area contributed by atoms with Crippen molar-refractivity contribution in [2.45, 2.75) is 29.5 Å². The van der Waals surface area contributed by atoms with Gasteiger partial charge in [-0.25, -0.2) is 13.1 Å². The van der Waals surface area contributed by atoms with E-state index in [2.05, 4.69) is 31.1 Å². The molecule has 0 fully saturated rings. The van der Waals surface area contributed by atoms with Crippen LogP contribution in [0, 0.1) is 13.8 Å². The van der Waals surface area contributed by atoms with E-state index in [9.17, 15) is 18.0 Å². The molecule has 0 unspecified atom stereocenters. The molecule has 2 aromatic carbocycles. The number of thioether (sulfide) groups is 1. The van der Waals surface area contributed by atoms with Gasteiger partial charge in [0, 0.05) is 24.7 Å². The molecule has 0 aliphatic carbocycles. The van der Waals surface area contributed by atoms with Gasteiger partial charge in [-0.15, -0.1) is 10.2 Å². The van der Waals surface area contributed by atoms with E-state index in [1.54, 1.807) is 19.2 Å². The van der Waals surface area contributed by atoms with Crippen LogP contribution < -0.4 is 25.6 Å². The van der Waals surface area contributed by atoms with E-state index in [0.717, 1.165) is 16.8 Å². The molecule has 0 radical (unpaired) electrons. The topological polar surface area (TPSA) is 151 Å². The molecule has 3 rings (SSSR count). The first kappa shape index (κ1) is 27.4. The third kappa shape index (κ3) is 8.19. The number of sulfonamides is 1. The highest BCUT2D eigenvalue weighted by Crippen LogP contribution is 2.28. The number of hydrazine groups is 1. The summed E-state index contributed by atoms with van der Waals surface area (Å²) < 4.78 is 32.9. The number of carbonyl (C=O) groups is 2. The van der Waals surface area contributed by atoms with Gasteiger partial charge in [-0.1, -0.05) is 35.2 Å². The molecule has 2 amide bonds. The molecule has 14 heteroatoms. The summed E-state index contributed by atoms with van der Waals surface area (Å²) in [6.07, 6.45) is -0.146. The minimum atomic E-state index is -3.73. The highest BCUT2D eigenvalue weighted by atomic mass is 32.2. The van der Waals surface area contributed by atoms with Gasteiger partial charge < -0.3 is 10.1 Å². The van der Waals surface area contributed by atoms with Crippen LogP contribution in [0.15, 0.2) is 51.7 Å². The quantitative estimate of drug-likeness (QED) is 0.208. The number of rotatable bonds is 11. The van der Waals surface area contributed by atoms with E-state index in [1.807, 2.05) is 38.1 Å². The molecule has 11 nitrogen and oxygen atoms in total. The molecule has 0 aliphatic rings. The molecule has 0 saturated carbocycles. The molecule has 0 aliphatic heterocycles. The summed E-state index contributed by atoms with van der Waals surface area (Å²) in [4.78, 5) is 24.1. The number of methoxy groups -OCH3 is 1. The number of nitrogens with one attached hydrogen (secondary N) is 4. The summed E-state index contributed by atoms with van der Waals surface area (Å²) in [5.41, 5.74) is 7.19. The van der Waals surface area contributed by atoms with Crippen molar-refractivity contribution in [3.05, 3.63) is 53.6 Å². The maximum absolute atomic E-state index is 12.4. The first-order valence-corrected chi connectivity index (χ1v) is 14.0. The molecule has 192 valence electrons. The lowest BCUT2D eigenvalue weighted by Crippen LogP contribution is -2.43. The first-order chi connectivity index (χ1) is 17.2. The zero-order chi connectivity index (χ0) is 26.1. The third-order valence-electron chi connectivity index (χ3n) is 4.83. The minimum Gasteiger partial charge on any atom is -0.497 e. The number of hydrogen-bond acceptors (Lipinski definition) is 10. The second kappa shape index (κ2) is 12.7.